The Hall–Kier alpha value is -1.29. The topological polar surface area (TPSA) is 46.1 Å². The summed E-state index contributed by atoms with van der Waals surface area (Å²) >= 11 is 0. The number of hydrogen-bond acceptors (Lipinski definition) is 2. The average molecular weight is 293 g/mol. The molecule has 0 fully saturated rings. The smallest absolute Gasteiger partial charge is 0.239 e. The number of nitrogens with one attached hydrogen (secondary N) is 2. The molecule has 0 aliphatic rings. The predicted octanol–water partition coefficient (Wildman–Crippen LogP) is 2.96. The highest BCUT2D eigenvalue weighted by Crippen LogP contribution is 2.21. The molecule has 0 bridgehead atoms. The molecule has 0 saturated heterocycles. The Kier molecular flexibility index (Phi) is 7.51. The standard InChI is InChI=1S/C17H31N3O/c1-6-18-17(14(4)5)15-8-10-20(11-15)12-16(21)19-9-7-13(2)3/h8,10-11,13-14,17-18H,6-7,9,12H2,1-5H3,(H,19,21). The summed E-state index contributed by atoms with van der Waals surface area (Å²) < 4.78 is 1.97. The Morgan fingerprint density at radius 2 is 2.00 bits per heavy atom. The van der Waals surface area contributed by atoms with Crippen LogP contribution in [0, 0.1) is 11.8 Å². The molecule has 0 aliphatic carbocycles. The Labute approximate surface area is 129 Å². The van der Waals surface area contributed by atoms with Gasteiger partial charge in [0, 0.05) is 25.0 Å². The van der Waals surface area contributed by atoms with E-state index >= 15 is 0 Å². The summed E-state index contributed by atoms with van der Waals surface area (Å²) in [6, 6.07) is 2.45. The Morgan fingerprint density at radius 1 is 1.29 bits per heavy atom. The SMILES string of the molecule is CCNC(c1ccn(CC(=O)NCCC(C)C)c1)C(C)C. The molecule has 120 valence electrons. The first-order valence-electron chi connectivity index (χ1n) is 8.09. The number of carbonyl (C=O) groups excluding carboxylic acids is 1. The van der Waals surface area contributed by atoms with Crippen LogP contribution in [0.25, 0.3) is 0 Å². The Balaban J connectivity index is 2.52. The number of rotatable bonds is 9. The van der Waals surface area contributed by atoms with Gasteiger partial charge in [-0.2, -0.15) is 0 Å². The molecule has 1 unspecified atom stereocenters. The maximum atomic E-state index is 11.9. The highest BCUT2D eigenvalue weighted by Gasteiger charge is 2.15. The van der Waals surface area contributed by atoms with E-state index < -0.39 is 0 Å². The molecule has 0 aromatic carbocycles. The molecule has 1 aromatic rings. The lowest BCUT2D eigenvalue weighted by Crippen LogP contribution is -2.28. The van der Waals surface area contributed by atoms with Crippen molar-refractivity contribution in [1.29, 1.82) is 0 Å². The number of nitrogens with zero attached hydrogens (tertiary/aromatic N) is 1. The summed E-state index contributed by atoms with van der Waals surface area (Å²) in [6.45, 7) is 13.0. The van der Waals surface area contributed by atoms with Gasteiger partial charge in [0.25, 0.3) is 0 Å². The lowest BCUT2D eigenvalue weighted by molar-refractivity contribution is -0.121. The van der Waals surface area contributed by atoms with E-state index in [0.29, 0.717) is 24.4 Å². The Morgan fingerprint density at radius 3 is 2.57 bits per heavy atom. The minimum atomic E-state index is 0.0855. The van der Waals surface area contributed by atoms with Crippen molar-refractivity contribution in [3.8, 4) is 0 Å². The van der Waals surface area contributed by atoms with Gasteiger partial charge in [-0.05, 0) is 36.4 Å². The molecule has 4 heteroatoms. The molecule has 0 aliphatic heterocycles. The van der Waals surface area contributed by atoms with Crippen LogP contribution in [0.1, 0.15) is 52.6 Å². The van der Waals surface area contributed by atoms with Gasteiger partial charge in [0.1, 0.15) is 6.54 Å². The summed E-state index contributed by atoms with van der Waals surface area (Å²) in [4.78, 5) is 11.9. The number of carbonyl (C=O) groups is 1. The van der Waals surface area contributed by atoms with Crippen LogP contribution in [0.5, 0.6) is 0 Å². The monoisotopic (exact) mass is 293 g/mol. The van der Waals surface area contributed by atoms with E-state index in [2.05, 4.69) is 57.5 Å². The maximum absolute atomic E-state index is 11.9. The first kappa shape index (κ1) is 17.8. The second-order valence-corrected chi connectivity index (χ2v) is 6.43. The molecule has 4 nitrogen and oxygen atoms in total. The molecule has 0 radical (unpaired) electrons. The van der Waals surface area contributed by atoms with Gasteiger partial charge in [-0.3, -0.25) is 4.79 Å². The van der Waals surface area contributed by atoms with Crippen molar-refractivity contribution in [3.05, 3.63) is 24.0 Å². The zero-order chi connectivity index (χ0) is 15.8. The molecule has 1 atom stereocenters. The van der Waals surface area contributed by atoms with E-state index in [1.165, 1.54) is 5.56 Å². The Bertz CT molecular complexity index is 423. The van der Waals surface area contributed by atoms with Crippen molar-refractivity contribution in [2.45, 2.75) is 53.6 Å². The van der Waals surface area contributed by atoms with Gasteiger partial charge < -0.3 is 15.2 Å². The van der Waals surface area contributed by atoms with Crippen molar-refractivity contribution in [2.75, 3.05) is 13.1 Å². The van der Waals surface area contributed by atoms with Gasteiger partial charge in [0.05, 0.1) is 0 Å². The lowest BCUT2D eigenvalue weighted by Gasteiger charge is -2.20. The van der Waals surface area contributed by atoms with Crippen LogP contribution in [-0.2, 0) is 11.3 Å². The normalized spacial score (nSPS) is 12.9. The molecule has 1 aromatic heterocycles. The minimum absolute atomic E-state index is 0.0855. The quantitative estimate of drug-likeness (QED) is 0.735. The molecular weight excluding hydrogens is 262 g/mol. The second-order valence-electron chi connectivity index (χ2n) is 6.43. The van der Waals surface area contributed by atoms with Crippen LogP contribution in [0.2, 0.25) is 0 Å². The van der Waals surface area contributed by atoms with Gasteiger partial charge in [-0.1, -0.05) is 34.6 Å². The number of amides is 1. The van der Waals surface area contributed by atoms with E-state index in [9.17, 15) is 4.79 Å². The third kappa shape index (κ3) is 6.34. The summed E-state index contributed by atoms with van der Waals surface area (Å²) in [5.74, 6) is 1.23. The third-order valence-corrected chi connectivity index (χ3v) is 3.59. The molecule has 1 rings (SSSR count). The first-order chi connectivity index (χ1) is 9.93. The molecular formula is C17H31N3O. The largest absolute Gasteiger partial charge is 0.355 e. The summed E-state index contributed by atoms with van der Waals surface area (Å²) in [5.41, 5.74) is 1.25. The third-order valence-electron chi connectivity index (χ3n) is 3.59. The lowest BCUT2D eigenvalue weighted by atomic mass is 9.98. The fraction of sp³-hybridized carbons (Fsp3) is 0.706. The molecule has 2 N–H and O–H groups in total. The molecule has 21 heavy (non-hydrogen) atoms. The van der Waals surface area contributed by atoms with E-state index in [4.69, 9.17) is 0 Å². The molecule has 1 amide bonds. The van der Waals surface area contributed by atoms with Crippen molar-refractivity contribution in [2.24, 2.45) is 11.8 Å². The zero-order valence-electron chi connectivity index (χ0n) is 14.1. The fourth-order valence-electron chi connectivity index (χ4n) is 2.42. The summed E-state index contributed by atoms with van der Waals surface area (Å²) in [5, 5.41) is 6.47. The van der Waals surface area contributed by atoms with Crippen molar-refractivity contribution in [1.82, 2.24) is 15.2 Å². The first-order valence-corrected chi connectivity index (χ1v) is 8.09. The van der Waals surface area contributed by atoms with Crippen molar-refractivity contribution in [3.63, 3.8) is 0 Å². The van der Waals surface area contributed by atoms with Gasteiger partial charge in [0.15, 0.2) is 0 Å². The van der Waals surface area contributed by atoms with Crippen LogP contribution in [0.3, 0.4) is 0 Å². The van der Waals surface area contributed by atoms with E-state index in [-0.39, 0.29) is 5.91 Å². The van der Waals surface area contributed by atoms with E-state index in [1.807, 2.05) is 10.8 Å². The van der Waals surface area contributed by atoms with Crippen LogP contribution in [0.4, 0.5) is 0 Å². The summed E-state index contributed by atoms with van der Waals surface area (Å²) in [7, 11) is 0. The van der Waals surface area contributed by atoms with Crippen LogP contribution >= 0.6 is 0 Å². The maximum Gasteiger partial charge on any atom is 0.239 e. The van der Waals surface area contributed by atoms with Gasteiger partial charge >= 0.3 is 0 Å². The van der Waals surface area contributed by atoms with E-state index in [0.717, 1.165) is 19.5 Å². The van der Waals surface area contributed by atoms with Crippen molar-refractivity contribution >= 4 is 5.91 Å². The van der Waals surface area contributed by atoms with Crippen molar-refractivity contribution < 1.29 is 4.79 Å². The number of aromatic nitrogens is 1. The van der Waals surface area contributed by atoms with Crippen LogP contribution in [0.15, 0.2) is 18.5 Å². The van der Waals surface area contributed by atoms with Gasteiger partial charge in [0.2, 0.25) is 5.91 Å². The summed E-state index contributed by atoms with van der Waals surface area (Å²) in [6.07, 6.45) is 5.10. The van der Waals surface area contributed by atoms with E-state index in [1.54, 1.807) is 0 Å². The zero-order valence-corrected chi connectivity index (χ0v) is 14.1. The molecule has 1 heterocycles. The van der Waals surface area contributed by atoms with Crippen LogP contribution in [-0.4, -0.2) is 23.6 Å². The van der Waals surface area contributed by atoms with Gasteiger partial charge in [-0.25, -0.2) is 0 Å². The van der Waals surface area contributed by atoms with Gasteiger partial charge in [-0.15, -0.1) is 0 Å². The van der Waals surface area contributed by atoms with Crippen LogP contribution < -0.4 is 10.6 Å². The number of hydrogen-bond donors (Lipinski definition) is 2. The fourth-order valence-corrected chi connectivity index (χ4v) is 2.42. The average Bonchev–Trinajstić information content (AvgIpc) is 2.83. The highest BCUT2D eigenvalue weighted by atomic mass is 16.1. The second kappa shape index (κ2) is 8.88. The molecule has 0 spiro atoms. The predicted molar refractivity (Wildman–Crippen MR) is 88.2 cm³/mol. The highest BCUT2D eigenvalue weighted by molar-refractivity contribution is 5.75. The molecule has 0 saturated carbocycles. The minimum Gasteiger partial charge on any atom is -0.355 e.